The molecule has 1 aliphatic rings. The first-order chi connectivity index (χ1) is 9.25. The van der Waals surface area contributed by atoms with E-state index in [0.29, 0.717) is 17.1 Å². The molecule has 1 heterocycles. The number of nitrogens with zero attached hydrogens (tertiary/aromatic N) is 1. The Hall–Kier alpha value is -1.54. The first kappa shape index (κ1) is 12.5. The number of pyridine rings is 1. The van der Waals surface area contributed by atoms with Crippen molar-refractivity contribution in [1.29, 1.82) is 0 Å². The summed E-state index contributed by atoms with van der Waals surface area (Å²) in [5.74, 6) is 0.707. The maximum atomic E-state index is 6.21. The summed E-state index contributed by atoms with van der Waals surface area (Å²) in [4.78, 5) is 4.17. The molecule has 1 aromatic carbocycles. The molecule has 1 fully saturated rings. The highest BCUT2D eigenvalue weighted by molar-refractivity contribution is 6.32. The van der Waals surface area contributed by atoms with Gasteiger partial charge in [0.05, 0.1) is 11.7 Å². The zero-order valence-corrected chi connectivity index (χ0v) is 11.7. The standard InChI is InChI=1S/C16H17ClN2/c1-11-9-10-18-16(17)14(11)19-15(13-7-8-13)12-5-3-2-4-6-12/h2-6,9-10,13,15,19H,7-8H2,1H3. The Morgan fingerprint density at radius 1 is 1.21 bits per heavy atom. The third-order valence-electron chi connectivity index (χ3n) is 3.66. The van der Waals surface area contributed by atoms with E-state index in [2.05, 4.69) is 47.6 Å². The van der Waals surface area contributed by atoms with Gasteiger partial charge in [0.15, 0.2) is 5.15 Å². The van der Waals surface area contributed by atoms with Crippen molar-refractivity contribution in [3.8, 4) is 0 Å². The Balaban J connectivity index is 1.90. The van der Waals surface area contributed by atoms with E-state index in [0.717, 1.165) is 11.3 Å². The van der Waals surface area contributed by atoms with Crippen LogP contribution in [0, 0.1) is 12.8 Å². The summed E-state index contributed by atoms with van der Waals surface area (Å²) in [6, 6.07) is 12.9. The van der Waals surface area contributed by atoms with E-state index in [1.54, 1.807) is 6.20 Å². The van der Waals surface area contributed by atoms with Gasteiger partial charge in [-0.05, 0) is 42.9 Å². The van der Waals surface area contributed by atoms with Gasteiger partial charge in [-0.25, -0.2) is 4.98 Å². The quantitative estimate of drug-likeness (QED) is 0.823. The molecule has 3 heteroatoms. The molecule has 1 N–H and O–H groups in total. The number of aryl methyl sites for hydroxylation is 1. The molecule has 19 heavy (non-hydrogen) atoms. The topological polar surface area (TPSA) is 24.9 Å². The van der Waals surface area contributed by atoms with Crippen molar-refractivity contribution in [2.24, 2.45) is 5.92 Å². The fraction of sp³-hybridized carbons (Fsp3) is 0.312. The van der Waals surface area contributed by atoms with Gasteiger partial charge in [0.25, 0.3) is 0 Å². The van der Waals surface area contributed by atoms with Crippen LogP contribution in [-0.2, 0) is 0 Å². The minimum atomic E-state index is 0.335. The fourth-order valence-electron chi connectivity index (χ4n) is 2.42. The lowest BCUT2D eigenvalue weighted by atomic mass is 10.0. The van der Waals surface area contributed by atoms with E-state index in [-0.39, 0.29) is 0 Å². The first-order valence-electron chi connectivity index (χ1n) is 6.68. The molecule has 0 saturated heterocycles. The van der Waals surface area contributed by atoms with Gasteiger partial charge in [0, 0.05) is 6.20 Å². The molecule has 0 bridgehead atoms. The lowest BCUT2D eigenvalue weighted by Gasteiger charge is -2.21. The number of aromatic nitrogens is 1. The summed E-state index contributed by atoms with van der Waals surface area (Å²) < 4.78 is 0. The molecule has 0 radical (unpaired) electrons. The maximum Gasteiger partial charge on any atom is 0.152 e. The maximum absolute atomic E-state index is 6.21. The monoisotopic (exact) mass is 272 g/mol. The van der Waals surface area contributed by atoms with Gasteiger partial charge in [-0.1, -0.05) is 41.9 Å². The number of rotatable bonds is 4. The molecule has 1 unspecified atom stereocenters. The molecule has 2 aromatic rings. The van der Waals surface area contributed by atoms with Crippen molar-refractivity contribution >= 4 is 17.3 Å². The number of benzene rings is 1. The average Bonchev–Trinajstić information content (AvgIpc) is 3.24. The molecule has 1 aliphatic carbocycles. The largest absolute Gasteiger partial charge is 0.375 e. The lowest BCUT2D eigenvalue weighted by Crippen LogP contribution is -2.14. The van der Waals surface area contributed by atoms with Crippen LogP contribution in [0.25, 0.3) is 0 Å². The van der Waals surface area contributed by atoms with Gasteiger partial charge in [0.1, 0.15) is 0 Å². The van der Waals surface area contributed by atoms with Crippen LogP contribution < -0.4 is 5.32 Å². The summed E-state index contributed by atoms with van der Waals surface area (Å²) in [7, 11) is 0. The molecule has 2 nitrogen and oxygen atoms in total. The average molecular weight is 273 g/mol. The zero-order valence-electron chi connectivity index (χ0n) is 10.9. The Morgan fingerprint density at radius 2 is 1.95 bits per heavy atom. The summed E-state index contributed by atoms with van der Waals surface area (Å²) in [6.07, 6.45) is 4.31. The summed E-state index contributed by atoms with van der Waals surface area (Å²) >= 11 is 6.21. The third-order valence-corrected chi connectivity index (χ3v) is 3.95. The molecular formula is C16H17ClN2. The normalized spacial score (nSPS) is 16.1. The first-order valence-corrected chi connectivity index (χ1v) is 7.06. The van der Waals surface area contributed by atoms with E-state index < -0.39 is 0 Å². The predicted octanol–water partition coefficient (Wildman–Crippen LogP) is 4.61. The molecule has 0 aliphatic heterocycles. The van der Waals surface area contributed by atoms with Gasteiger partial charge in [-0.3, -0.25) is 0 Å². The molecule has 3 rings (SSSR count). The van der Waals surface area contributed by atoms with Gasteiger partial charge >= 0.3 is 0 Å². The van der Waals surface area contributed by atoms with Crippen LogP contribution in [0.5, 0.6) is 0 Å². The van der Waals surface area contributed by atoms with Crippen LogP contribution in [0.1, 0.15) is 30.0 Å². The van der Waals surface area contributed by atoms with Crippen LogP contribution in [0.15, 0.2) is 42.6 Å². The van der Waals surface area contributed by atoms with Crippen molar-refractivity contribution < 1.29 is 0 Å². The van der Waals surface area contributed by atoms with Crippen molar-refractivity contribution in [2.75, 3.05) is 5.32 Å². The van der Waals surface area contributed by atoms with Crippen LogP contribution >= 0.6 is 11.6 Å². The number of halogens is 1. The Morgan fingerprint density at radius 3 is 2.58 bits per heavy atom. The van der Waals surface area contributed by atoms with Gasteiger partial charge < -0.3 is 5.32 Å². The zero-order chi connectivity index (χ0) is 13.2. The lowest BCUT2D eigenvalue weighted by molar-refractivity contribution is 0.678. The van der Waals surface area contributed by atoms with Crippen molar-refractivity contribution in [2.45, 2.75) is 25.8 Å². The van der Waals surface area contributed by atoms with Crippen molar-refractivity contribution in [3.05, 3.63) is 58.9 Å². The number of hydrogen-bond donors (Lipinski definition) is 1. The second-order valence-electron chi connectivity index (χ2n) is 5.16. The van der Waals surface area contributed by atoms with Gasteiger partial charge in [0.2, 0.25) is 0 Å². The minimum Gasteiger partial charge on any atom is -0.375 e. The Bertz CT molecular complexity index is 544. The number of nitrogens with one attached hydrogen (secondary N) is 1. The second kappa shape index (κ2) is 5.22. The molecule has 0 amide bonds. The Kier molecular flexibility index (Phi) is 3.43. The molecule has 1 aromatic heterocycles. The molecule has 0 spiro atoms. The van der Waals surface area contributed by atoms with E-state index in [1.807, 2.05) is 6.07 Å². The highest BCUT2D eigenvalue weighted by atomic mass is 35.5. The third kappa shape index (κ3) is 2.74. The SMILES string of the molecule is Cc1ccnc(Cl)c1NC(c1ccccc1)C1CC1. The fourth-order valence-corrected chi connectivity index (χ4v) is 2.68. The highest BCUT2D eigenvalue weighted by Gasteiger charge is 2.32. The van der Waals surface area contributed by atoms with E-state index >= 15 is 0 Å². The van der Waals surface area contributed by atoms with Gasteiger partial charge in [-0.2, -0.15) is 0 Å². The Labute approximate surface area is 118 Å². The van der Waals surface area contributed by atoms with Crippen molar-refractivity contribution in [3.63, 3.8) is 0 Å². The van der Waals surface area contributed by atoms with E-state index in [1.165, 1.54) is 18.4 Å². The van der Waals surface area contributed by atoms with E-state index in [9.17, 15) is 0 Å². The smallest absolute Gasteiger partial charge is 0.152 e. The van der Waals surface area contributed by atoms with Gasteiger partial charge in [-0.15, -0.1) is 0 Å². The summed E-state index contributed by atoms with van der Waals surface area (Å²) in [6.45, 7) is 2.06. The van der Waals surface area contributed by atoms with Crippen LogP contribution in [0.4, 0.5) is 5.69 Å². The number of anilines is 1. The van der Waals surface area contributed by atoms with E-state index in [4.69, 9.17) is 11.6 Å². The molecule has 98 valence electrons. The van der Waals surface area contributed by atoms with Crippen LogP contribution in [-0.4, -0.2) is 4.98 Å². The molecule has 1 atom stereocenters. The summed E-state index contributed by atoms with van der Waals surface area (Å²) in [5.41, 5.74) is 3.43. The highest BCUT2D eigenvalue weighted by Crippen LogP contribution is 2.43. The molecule has 1 saturated carbocycles. The predicted molar refractivity (Wildman–Crippen MR) is 79.5 cm³/mol. The van der Waals surface area contributed by atoms with Crippen LogP contribution in [0.2, 0.25) is 5.15 Å². The second-order valence-corrected chi connectivity index (χ2v) is 5.52. The van der Waals surface area contributed by atoms with Crippen LogP contribution in [0.3, 0.4) is 0 Å². The number of hydrogen-bond acceptors (Lipinski definition) is 2. The molecular weight excluding hydrogens is 256 g/mol. The minimum absolute atomic E-state index is 0.335. The van der Waals surface area contributed by atoms with Crippen molar-refractivity contribution in [1.82, 2.24) is 4.98 Å². The summed E-state index contributed by atoms with van der Waals surface area (Å²) in [5, 5.41) is 4.16.